The first-order valence-corrected chi connectivity index (χ1v) is 8.14. The van der Waals surface area contributed by atoms with Crippen molar-refractivity contribution in [3.8, 4) is 16.9 Å². The molecule has 1 aliphatic carbocycles. The fourth-order valence-corrected chi connectivity index (χ4v) is 3.45. The van der Waals surface area contributed by atoms with Crippen molar-refractivity contribution in [2.75, 3.05) is 14.2 Å². The molecule has 0 bridgehead atoms. The van der Waals surface area contributed by atoms with Crippen LogP contribution in [0, 0.1) is 5.92 Å². The van der Waals surface area contributed by atoms with E-state index in [9.17, 15) is 5.11 Å². The Kier molecular flexibility index (Phi) is 4.99. The van der Waals surface area contributed by atoms with E-state index in [0.717, 1.165) is 25.0 Å². The Morgan fingerprint density at radius 3 is 2.04 bits per heavy atom. The minimum absolute atomic E-state index is 0.00132. The van der Waals surface area contributed by atoms with Crippen LogP contribution in [0.3, 0.4) is 0 Å². The van der Waals surface area contributed by atoms with Gasteiger partial charge in [0.15, 0.2) is 0 Å². The molecule has 0 heterocycles. The summed E-state index contributed by atoms with van der Waals surface area (Å²) in [6.07, 6.45) is 2.46. The summed E-state index contributed by atoms with van der Waals surface area (Å²) >= 11 is 0. The lowest BCUT2D eigenvalue weighted by atomic mass is 9.96. The average molecular weight is 312 g/mol. The number of ether oxygens (including phenoxy) is 2. The second kappa shape index (κ2) is 7.16. The molecule has 3 heteroatoms. The Hall–Kier alpha value is -1.84. The van der Waals surface area contributed by atoms with Crippen molar-refractivity contribution in [1.82, 2.24) is 0 Å². The Bertz CT molecular complexity index is 618. The minimum Gasteiger partial charge on any atom is -0.497 e. The maximum absolute atomic E-state index is 9.94. The molecule has 2 aromatic carbocycles. The van der Waals surface area contributed by atoms with Crippen LogP contribution >= 0.6 is 0 Å². The Labute approximate surface area is 137 Å². The molecule has 122 valence electrons. The maximum Gasteiger partial charge on any atom is 0.118 e. The van der Waals surface area contributed by atoms with E-state index in [1.165, 1.54) is 16.7 Å². The van der Waals surface area contributed by atoms with Gasteiger partial charge in [-0.05, 0) is 54.0 Å². The Morgan fingerprint density at radius 2 is 1.52 bits per heavy atom. The number of aliphatic hydroxyl groups excluding tert-OH is 1. The van der Waals surface area contributed by atoms with Crippen molar-refractivity contribution in [2.45, 2.75) is 31.5 Å². The molecule has 0 amide bonds. The maximum atomic E-state index is 9.94. The van der Waals surface area contributed by atoms with Gasteiger partial charge < -0.3 is 14.6 Å². The zero-order valence-electron chi connectivity index (χ0n) is 13.7. The number of rotatable bonds is 5. The van der Waals surface area contributed by atoms with E-state index in [1.54, 1.807) is 14.2 Å². The van der Waals surface area contributed by atoms with Gasteiger partial charge in [0.05, 0.1) is 19.3 Å². The molecule has 0 unspecified atom stereocenters. The average Bonchev–Trinajstić information content (AvgIpc) is 2.95. The van der Waals surface area contributed by atoms with Crippen LogP contribution in [0.2, 0.25) is 0 Å². The molecule has 1 aliphatic rings. The molecular formula is C20H24O3. The van der Waals surface area contributed by atoms with Crippen LogP contribution in [0.15, 0.2) is 48.5 Å². The summed E-state index contributed by atoms with van der Waals surface area (Å²) in [5, 5.41) is 9.94. The second-order valence-corrected chi connectivity index (χ2v) is 6.31. The molecule has 23 heavy (non-hydrogen) atoms. The molecule has 0 radical (unpaired) electrons. The zero-order chi connectivity index (χ0) is 16.2. The van der Waals surface area contributed by atoms with E-state index in [2.05, 4.69) is 36.4 Å². The van der Waals surface area contributed by atoms with E-state index in [4.69, 9.17) is 9.47 Å². The van der Waals surface area contributed by atoms with Crippen LogP contribution in [-0.2, 0) is 11.2 Å². The van der Waals surface area contributed by atoms with Gasteiger partial charge in [0.1, 0.15) is 5.75 Å². The SMILES string of the molecule is COc1ccc(-c2ccc(C[C@@H]3C[C@H](OC)[C@@H](O)C3)cc2)cc1. The van der Waals surface area contributed by atoms with Crippen molar-refractivity contribution in [1.29, 1.82) is 0 Å². The van der Waals surface area contributed by atoms with Gasteiger partial charge in [-0.15, -0.1) is 0 Å². The van der Waals surface area contributed by atoms with Gasteiger partial charge in [-0.25, -0.2) is 0 Å². The van der Waals surface area contributed by atoms with Crippen LogP contribution in [-0.4, -0.2) is 31.5 Å². The number of benzene rings is 2. The summed E-state index contributed by atoms with van der Waals surface area (Å²) in [6.45, 7) is 0. The predicted molar refractivity (Wildman–Crippen MR) is 91.7 cm³/mol. The lowest BCUT2D eigenvalue weighted by Gasteiger charge is -2.11. The van der Waals surface area contributed by atoms with Gasteiger partial charge >= 0.3 is 0 Å². The van der Waals surface area contributed by atoms with Gasteiger partial charge in [0, 0.05) is 7.11 Å². The van der Waals surface area contributed by atoms with E-state index in [-0.39, 0.29) is 12.2 Å². The molecule has 0 aromatic heterocycles. The molecule has 0 saturated heterocycles. The third-order valence-corrected chi connectivity index (χ3v) is 4.77. The standard InChI is InChI=1S/C20H24O3/c1-22-18-9-7-17(8-10-18)16-5-3-14(4-6-16)11-15-12-19(21)20(13-15)23-2/h3-10,15,19-21H,11-13H2,1-2H3/t15-,19-,20-/m0/s1. The molecule has 2 aromatic rings. The third kappa shape index (κ3) is 3.74. The summed E-state index contributed by atoms with van der Waals surface area (Å²) < 4.78 is 10.5. The number of hydrogen-bond donors (Lipinski definition) is 1. The van der Waals surface area contributed by atoms with Crippen molar-refractivity contribution in [2.24, 2.45) is 5.92 Å². The second-order valence-electron chi connectivity index (χ2n) is 6.31. The number of aliphatic hydroxyl groups is 1. The topological polar surface area (TPSA) is 38.7 Å². The van der Waals surface area contributed by atoms with Gasteiger partial charge in [0.25, 0.3) is 0 Å². The molecule has 3 rings (SSSR count). The molecule has 0 spiro atoms. The van der Waals surface area contributed by atoms with Crippen LogP contribution in [0.25, 0.3) is 11.1 Å². The monoisotopic (exact) mass is 312 g/mol. The highest BCUT2D eigenvalue weighted by Gasteiger charge is 2.32. The van der Waals surface area contributed by atoms with Gasteiger partial charge in [-0.2, -0.15) is 0 Å². The Morgan fingerprint density at radius 1 is 0.913 bits per heavy atom. The summed E-state index contributed by atoms with van der Waals surface area (Å²) in [5.74, 6) is 1.37. The number of methoxy groups -OCH3 is 2. The summed E-state index contributed by atoms with van der Waals surface area (Å²) in [7, 11) is 3.36. The molecule has 1 fully saturated rings. The van der Waals surface area contributed by atoms with Gasteiger partial charge in [-0.1, -0.05) is 36.4 Å². The van der Waals surface area contributed by atoms with Crippen LogP contribution in [0.5, 0.6) is 5.75 Å². The highest BCUT2D eigenvalue weighted by molar-refractivity contribution is 5.64. The molecule has 0 aliphatic heterocycles. The van der Waals surface area contributed by atoms with Crippen molar-refractivity contribution in [3.63, 3.8) is 0 Å². The van der Waals surface area contributed by atoms with E-state index in [1.807, 2.05) is 12.1 Å². The molecule has 1 N–H and O–H groups in total. The molecule has 1 saturated carbocycles. The van der Waals surface area contributed by atoms with Crippen molar-refractivity contribution in [3.05, 3.63) is 54.1 Å². The zero-order valence-corrected chi connectivity index (χ0v) is 13.7. The summed E-state index contributed by atoms with van der Waals surface area (Å²) in [6, 6.07) is 16.8. The van der Waals surface area contributed by atoms with E-state index >= 15 is 0 Å². The van der Waals surface area contributed by atoms with Crippen molar-refractivity contribution >= 4 is 0 Å². The summed E-state index contributed by atoms with van der Waals surface area (Å²) in [4.78, 5) is 0. The first-order valence-electron chi connectivity index (χ1n) is 8.14. The normalized spacial score (nSPS) is 23.9. The lowest BCUT2D eigenvalue weighted by molar-refractivity contribution is 0.00976. The summed E-state index contributed by atoms with van der Waals surface area (Å²) in [5.41, 5.74) is 3.71. The van der Waals surface area contributed by atoms with Crippen LogP contribution in [0.4, 0.5) is 0 Å². The van der Waals surface area contributed by atoms with E-state index < -0.39 is 0 Å². The highest BCUT2D eigenvalue weighted by atomic mass is 16.5. The van der Waals surface area contributed by atoms with Crippen LogP contribution < -0.4 is 4.74 Å². The third-order valence-electron chi connectivity index (χ3n) is 4.77. The largest absolute Gasteiger partial charge is 0.497 e. The van der Waals surface area contributed by atoms with Crippen molar-refractivity contribution < 1.29 is 14.6 Å². The highest BCUT2D eigenvalue weighted by Crippen LogP contribution is 2.31. The van der Waals surface area contributed by atoms with Gasteiger partial charge in [0.2, 0.25) is 0 Å². The molecular weight excluding hydrogens is 288 g/mol. The first kappa shape index (κ1) is 16.0. The Balaban J connectivity index is 1.65. The fourth-order valence-electron chi connectivity index (χ4n) is 3.45. The first-order chi connectivity index (χ1) is 11.2. The number of hydrogen-bond acceptors (Lipinski definition) is 3. The lowest BCUT2D eigenvalue weighted by Crippen LogP contribution is -2.20. The van der Waals surface area contributed by atoms with Crippen LogP contribution in [0.1, 0.15) is 18.4 Å². The molecule has 3 nitrogen and oxygen atoms in total. The smallest absolute Gasteiger partial charge is 0.118 e. The molecule has 3 atom stereocenters. The minimum atomic E-state index is -0.316. The fraction of sp³-hybridized carbons (Fsp3) is 0.400. The quantitative estimate of drug-likeness (QED) is 0.915. The predicted octanol–water partition coefficient (Wildman–Crippen LogP) is 3.69. The van der Waals surface area contributed by atoms with E-state index in [0.29, 0.717) is 5.92 Å². The van der Waals surface area contributed by atoms with Gasteiger partial charge in [-0.3, -0.25) is 0 Å².